The number of anilines is 1. The number of rotatable bonds is 3. The topological polar surface area (TPSA) is 87.4 Å². The Morgan fingerprint density at radius 2 is 2.53 bits per heavy atom. The zero-order valence-corrected chi connectivity index (χ0v) is 8.18. The first kappa shape index (κ1) is 9.97. The quantitative estimate of drug-likeness (QED) is 0.655. The number of aromatic nitrogens is 2. The largest absolute Gasteiger partial charge is 0.477 e. The molecule has 0 spiro atoms. The summed E-state index contributed by atoms with van der Waals surface area (Å²) in [5, 5.41) is 24.7. The highest BCUT2D eigenvalue weighted by Crippen LogP contribution is 2.22. The molecule has 0 amide bonds. The van der Waals surface area contributed by atoms with Gasteiger partial charge in [0.05, 0.1) is 6.20 Å². The standard InChI is InChI=1S/C9H13N3O3/c13-2-1-6-3-10-8-7(9(14)15)4-11-12(8)5-6/h4,6,10,13H,1-3,5H2,(H,14,15). The molecule has 3 N–H and O–H groups in total. The molecule has 0 aliphatic carbocycles. The molecule has 1 aliphatic heterocycles. The molecule has 15 heavy (non-hydrogen) atoms. The number of carbonyl (C=O) groups is 1. The van der Waals surface area contributed by atoms with Crippen LogP contribution in [0.25, 0.3) is 0 Å². The first-order chi connectivity index (χ1) is 7.22. The summed E-state index contributed by atoms with van der Waals surface area (Å²) in [6.07, 6.45) is 2.06. The van der Waals surface area contributed by atoms with Crippen LogP contribution in [0.3, 0.4) is 0 Å². The summed E-state index contributed by atoms with van der Waals surface area (Å²) in [5.74, 6) is -0.0925. The van der Waals surface area contributed by atoms with Crippen LogP contribution in [0.2, 0.25) is 0 Å². The summed E-state index contributed by atoms with van der Waals surface area (Å²) in [7, 11) is 0. The number of aliphatic hydroxyl groups excluding tert-OH is 1. The van der Waals surface area contributed by atoms with E-state index in [1.54, 1.807) is 4.68 Å². The highest BCUT2D eigenvalue weighted by Gasteiger charge is 2.23. The molecular formula is C9H13N3O3. The number of carboxylic acids is 1. The van der Waals surface area contributed by atoms with E-state index in [2.05, 4.69) is 10.4 Å². The minimum Gasteiger partial charge on any atom is -0.477 e. The molecule has 2 rings (SSSR count). The van der Waals surface area contributed by atoms with Gasteiger partial charge in [0.15, 0.2) is 0 Å². The third-order valence-corrected chi connectivity index (χ3v) is 2.60. The van der Waals surface area contributed by atoms with E-state index in [4.69, 9.17) is 10.2 Å². The Morgan fingerprint density at radius 3 is 3.20 bits per heavy atom. The average Bonchev–Trinajstić information content (AvgIpc) is 2.61. The SMILES string of the molecule is O=C(O)c1cnn2c1NCC(CCO)C2. The molecular weight excluding hydrogens is 198 g/mol. The van der Waals surface area contributed by atoms with Crippen molar-refractivity contribution in [2.75, 3.05) is 18.5 Å². The molecule has 0 saturated carbocycles. The van der Waals surface area contributed by atoms with Crippen molar-refractivity contribution in [2.24, 2.45) is 5.92 Å². The van der Waals surface area contributed by atoms with Crippen LogP contribution in [0.15, 0.2) is 6.20 Å². The zero-order chi connectivity index (χ0) is 10.8. The molecule has 0 radical (unpaired) electrons. The molecule has 6 heteroatoms. The van der Waals surface area contributed by atoms with Crippen LogP contribution in [0.4, 0.5) is 5.82 Å². The van der Waals surface area contributed by atoms with Gasteiger partial charge in [-0.15, -0.1) is 0 Å². The van der Waals surface area contributed by atoms with E-state index < -0.39 is 5.97 Å². The van der Waals surface area contributed by atoms with Crippen molar-refractivity contribution < 1.29 is 15.0 Å². The summed E-state index contributed by atoms with van der Waals surface area (Å²) >= 11 is 0. The van der Waals surface area contributed by atoms with E-state index in [0.29, 0.717) is 31.2 Å². The number of hydrogen-bond acceptors (Lipinski definition) is 4. The van der Waals surface area contributed by atoms with Crippen LogP contribution >= 0.6 is 0 Å². The number of aromatic carboxylic acids is 1. The van der Waals surface area contributed by atoms with Crippen molar-refractivity contribution >= 4 is 11.8 Å². The van der Waals surface area contributed by atoms with Gasteiger partial charge in [-0.25, -0.2) is 9.48 Å². The molecule has 82 valence electrons. The third kappa shape index (κ3) is 1.80. The summed E-state index contributed by atoms with van der Waals surface area (Å²) in [6.45, 7) is 1.50. The van der Waals surface area contributed by atoms with Crippen molar-refractivity contribution in [1.29, 1.82) is 0 Å². The van der Waals surface area contributed by atoms with E-state index in [1.807, 2.05) is 0 Å². The molecule has 2 heterocycles. The number of nitrogens with zero attached hydrogens (tertiary/aromatic N) is 2. The normalized spacial score (nSPS) is 19.4. The molecule has 1 unspecified atom stereocenters. The first-order valence-electron chi connectivity index (χ1n) is 4.86. The molecule has 0 saturated heterocycles. The second-order valence-electron chi connectivity index (χ2n) is 3.65. The van der Waals surface area contributed by atoms with Crippen LogP contribution in [0.5, 0.6) is 0 Å². The third-order valence-electron chi connectivity index (χ3n) is 2.60. The Labute approximate surface area is 86.5 Å². The fourth-order valence-electron chi connectivity index (χ4n) is 1.79. The lowest BCUT2D eigenvalue weighted by molar-refractivity contribution is 0.0697. The van der Waals surface area contributed by atoms with Crippen molar-refractivity contribution in [3.63, 3.8) is 0 Å². The van der Waals surface area contributed by atoms with Gasteiger partial charge >= 0.3 is 5.97 Å². The van der Waals surface area contributed by atoms with Crippen molar-refractivity contribution in [1.82, 2.24) is 9.78 Å². The lowest BCUT2D eigenvalue weighted by Crippen LogP contribution is -2.29. The molecule has 1 atom stereocenters. The van der Waals surface area contributed by atoms with E-state index >= 15 is 0 Å². The Morgan fingerprint density at radius 1 is 1.73 bits per heavy atom. The van der Waals surface area contributed by atoms with Crippen LogP contribution in [-0.4, -0.2) is 39.1 Å². The van der Waals surface area contributed by atoms with E-state index in [-0.39, 0.29) is 12.2 Å². The summed E-state index contributed by atoms with van der Waals surface area (Å²) in [4.78, 5) is 10.8. The number of hydrogen-bond donors (Lipinski definition) is 3. The monoisotopic (exact) mass is 211 g/mol. The van der Waals surface area contributed by atoms with E-state index in [0.717, 1.165) is 0 Å². The summed E-state index contributed by atoms with van der Waals surface area (Å²) in [5.41, 5.74) is 0.206. The van der Waals surface area contributed by atoms with Gasteiger partial charge in [0.2, 0.25) is 0 Å². The van der Waals surface area contributed by atoms with Crippen LogP contribution < -0.4 is 5.32 Å². The van der Waals surface area contributed by atoms with Crippen molar-refractivity contribution in [3.05, 3.63) is 11.8 Å². The number of carboxylic acid groups (broad SMARTS) is 1. The maximum atomic E-state index is 10.8. The first-order valence-corrected chi connectivity index (χ1v) is 4.86. The Bertz CT molecular complexity index is 375. The average molecular weight is 211 g/mol. The van der Waals surface area contributed by atoms with Crippen LogP contribution in [0, 0.1) is 5.92 Å². The molecule has 0 fully saturated rings. The molecule has 1 aliphatic rings. The van der Waals surface area contributed by atoms with Gasteiger partial charge in [-0.2, -0.15) is 5.10 Å². The fraction of sp³-hybridized carbons (Fsp3) is 0.556. The number of aliphatic hydroxyl groups is 1. The van der Waals surface area contributed by atoms with Gasteiger partial charge in [0.1, 0.15) is 11.4 Å². The maximum Gasteiger partial charge on any atom is 0.341 e. The van der Waals surface area contributed by atoms with Gasteiger partial charge in [0.25, 0.3) is 0 Å². The fourth-order valence-corrected chi connectivity index (χ4v) is 1.79. The predicted octanol–water partition coefficient (Wildman–Crippen LogP) is 0.00540. The second kappa shape index (κ2) is 3.90. The molecule has 0 bridgehead atoms. The predicted molar refractivity (Wildman–Crippen MR) is 52.9 cm³/mol. The Hall–Kier alpha value is -1.56. The van der Waals surface area contributed by atoms with Gasteiger partial charge in [-0.05, 0) is 12.3 Å². The van der Waals surface area contributed by atoms with E-state index in [9.17, 15) is 4.79 Å². The highest BCUT2D eigenvalue weighted by molar-refractivity contribution is 5.93. The lowest BCUT2D eigenvalue weighted by atomic mass is 10.0. The Balaban J connectivity index is 2.18. The van der Waals surface area contributed by atoms with Crippen molar-refractivity contribution in [3.8, 4) is 0 Å². The van der Waals surface area contributed by atoms with Crippen molar-refractivity contribution in [2.45, 2.75) is 13.0 Å². The van der Waals surface area contributed by atoms with Crippen LogP contribution in [0.1, 0.15) is 16.8 Å². The smallest absolute Gasteiger partial charge is 0.341 e. The summed E-state index contributed by atoms with van der Waals surface area (Å²) < 4.78 is 1.65. The number of fused-ring (bicyclic) bond motifs is 1. The lowest BCUT2D eigenvalue weighted by Gasteiger charge is -2.24. The molecule has 6 nitrogen and oxygen atoms in total. The maximum absolute atomic E-state index is 10.8. The molecule has 0 aromatic carbocycles. The minimum absolute atomic E-state index is 0.148. The van der Waals surface area contributed by atoms with Gasteiger partial charge in [-0.3, -0.25) is 0 Å². The van der Waals surface area contributed by atoms with Crippen LogP contribution in [-0.2, 0) is 6.54 Å². The van der Waals surface area contributed by atoms with Gasteiger partial charge in [-0.1, -0.05) is 0 Å². The highest BCUT2D eigenvalue weighted by atomic mass is 16.4. The molecule has 1 aromatic heterocycles. The second-order valence-corrected chi connectivity index (χ2v) is 3.65. The Kier molecular flexibility index (Phi) is 2.59. The number of nitrogens with one attached hydrogen (secondary N) is 1. The van der Waals surface area contributed by atoms with Gasteiger partial charge in [0, 0.05) is 19.7 Å². The zero-order valence-electron chi connectivity index (χ0n) is 8.18. The van der Waals surface area contributed by atoms with E-state index in [1.165, 1.54) is 6.20 Å². The summed E-state index contributed by atoms with van der Waals surface area (Å²) in [6, 6.07) is 0. The van der Waals surface area contributed by atoms with Gasteiger partial charge < -0.3 is 15.5 Å². The minimum atomic E-state index is -0.968. The molecule has 1 aromatic rings.